The van der Waals surface area contributed by atoms with E-state index in [4.69, 9.17) is 5.73 Å². The van der Waals surface area contributed by atoms with Crippen molar-refractivity contribution in [3.8, 4) is 0 Å². The van der Waals surface area contributed by atoms with E-state index in [9.17, 15) is 0 Å². The van der Waals surface area contributed by atoms with Crippen molar-refractivity contribution in [2.45, 2.75) is 58.4 Å². The summed E-state index contributed by atoms with van der Waals surface area (Å²) in [5.41, 5.74) is 7.86. The van der Waals surface area contributed by atoms with Gasteiger partial charge in [0.2, 0.25) is 0 Å². The second kappa shape index (κ2) is 4.73. The quantitative estimate of drug-likeness (QED) is 0.563. The minimum Gasteiger partial charge on any atom is -0.251 e. The lowest BCUT2D eigenvalue weighted by Gasteiger charge is -2.25. The lowest BCUT2D eigenvalue weighted by atomic mass is 9.87. The fourth-order valence-corrected chi connectivity index (χ4v) is 1.44. The smallest absolute Gasteiger partial charge is 0.0321 e. The van der Waals surface area contributed by atoms with Gasteiger partial charge in [-0.2, -0.15) is 0 Å². The summed E-state index contributed by atoms with van der Waals surface area (Å²) in [4.78, 5) is 0. The zero-order chi connectivity index (χ0) is 8.04. The van der Waals surface area contributed by atoms with Crippen LogP contribution in [0, 0.1) is 0 Å². The fourth-order valence-electron chi connectivity index (χ4n) is 1.44. The summed E-state index contributed by atoms with van der Waals surface area (Å²) in [6, 6.07) is 0. The van der Waals surface area contributed by atoms with Gasteiger partial charge in [0.15, 0.2) is 0 Å². The molecular weight excluding hydrogens is 122 g/mol. The van der Waals surface area contributed by atoms with Crippen molar-refractivity contribution in [2.75, 3.05) is 0 Å². The van der Waals surface area contributed by atoms with Crippen molar-refractivity contribution in [1.29, 1.82) is 0 Å². The van der Waals surface area contributed by atoms with E-state index in [2.05, 4.69) is 20.8 Å². The largest absolute Gasteiger partial charge is 0.251 e. The van der Waals surface area contributed by atoms with Gasteiger partial charge in [0.05, 0.1) is 0 Å². The van der Waals surface area contributed by atoms with Gasteiger partial charge in [-0.05, 0) is 19.3 Å². The maximum absolute atomic E-state index is 7.97. The van der Waals surface area contributed by atoms with E-state index in [1.54, 1.807) is 0 Å². The van der Waals surface area contributed by atoms with Gasteiger partial charge in [-0.25, -0.2) is 0 Å². The molecule has 0 aliphatic heterocycles. The van der Waals surface area contributed by atoms with Crippen molar-refractivity contribution in [3.05, 3.63) is 0 Å². The Kier molecular flexibility index (Phi) is 4.71. The van der Waals surface area contributed by atoms with Gasteiger partial charge in [0.25, 0.3) is 0 Å². The third-order valence-corrected chi connectivity index (χ3v) is 2.13. The van der Waals surface area contributed by atoms with Crippen LogP contribution in [0.3, 0.4) is 0 Å². The molecule has 0 saturated heterocycles. The Morgan fingerprint density at radius 2 is 1.40 bits per heavy atom. The highest BCUT2D eigenvalue weighted by Gasteiger charge is 2.20. The Bertz CT molecular complexity index is 72.8. The Hall–Kier alpha value is -0.0400. The van der Waals surface area contributed by atoms with Crippen LogP contribution in [0.2, 0.25) is 0 Å². The van der Waals surface area contributed by atoms with Crippen LogP contribution in [0.15, 0.2) is 0 Å². The predicted molar refractivity (Wildman–Crippen MR) is 45.9 cm³/mol. The maximum atomic E-state index is 7.97. The number of rotatable bonds is 5. The lowest BCUT2D eigenvalue weighted by Crippen LogP contribution is -2.29. The first-order valence-electron chi connectivity index (χ1n) is 4.43. The van der Waals surface area contributed by atoms with Gasteiger partial charge in [-0.3, -0.25) is 5.73 Å². The third kappa shape index (κ3) is 3.21. The Labute approximate surface area is 65.0 Å². The fraction of sp³-hybridized carbons (Fsp3) is 1.00. The Morgan fingerprint density at radius 1 is 1.00 bits per heavy atom. The molecular formula is C9H20N. The normalized spacial score (nSPS) is 12.0. The zero-order valence-corrected chi connectivity index (χ0v) is 7.54. The summed E-state index contributed by atoms with van der Waals surface area (Å²) in [7, 11) is 0. The van der Waals surface area contributed by atoms with E-state index in [0.29, 0.717) is 0 Å². The first-order valence-corrected chi connectivity index (χ1v) is 4.43. The standard InChI is InChI=1S/C9H20N/c1-4-7-9(10,6-3)8-5-2/h10H,4-8H2,1-3H3. The highest BCUT2D eigenvalue weighted by molar-refractivity contribution is 4.80. The monoisotopic (exact) mass is 142 g/mol. The molecule has 61 valence electrons. The molecule has 0 rings (SSSR count). The Balaban J connectivity index is 3.69. The molecule has 0 amide bonds. The summed E-state index contributed by atoms with van der Waals surface area (Å²) >= 11 is 0. The van der Waals surface area contributed by atoms with E-state index in [1.807, 2.05) is 0 Å². The molecule has 10 heavy (non-hydrogen) atoms. The summed E-state index contributed by atoms with van der Waals surface area (Å²) in [5.74, 6) is 0. The molecule has 0 aliphatic carbocycles. The average molecular weight is 142 g/mol. The van der Waals surface area contributed by atoms with Gasteiger partial charge in [-0.1, -0.05) is 33.6 Å². The van der Waals surface area contributed by atoms with Crippen LogP contribution >= 0.6 is 0 Å². The van der Waals surface area contributed by atoms with E-state index in [-0.39, 0.29) is 5.54 Å². The minimum atomic E-state index is -0.108. The molecule has 1 radical (unpaired) electrons. The predicted octanol–water partition coefficient (Wildman–Crippen LogP) is 3.02. The molecule has 0 fully saturated rings. The molecule has 0 atom stereocenters. The first kappa shape index (κ1) is 9.96. The van der Waals surface area contributed by atoms with Gasteiger partial charge < -0.3 is 0 Å². The third-order valence-electron chi connectivity index (χ3n) is 2.13. The summed E-state index contributed by atoms with van der Waals surface area (Å²) in [5, 5.41) is 0. The van der Waals surface area contributed by atoms with Crippen molar-refractivity contribution in [2.24, 2.45) is 0 Å². The molecule has 1 nitrogen and oxygen atoms in total. The highest BCUT2D eigenvalue weighted by atomic mass is 14.7. The highest BCUT2D eigenvalue weighted by Crippen LogP contribution is 2.21. The molecule has 0 aromatic carbocycles. The van der Waals surface area contributed by atoms with E-state index in [1.165, 1.54) is 0 Å². The summed E-state index contributed by atoms with van der Waals surface area (Å²) in [6.07, 6.45) is 5.44. The average Bonchev–Trinajstić information content (AvgIpc) is 1.89. The van der Waals surface area contributed by atoms with Crippen LogP contribution in [-0.2, 0) is 0 Å². The summed E-state index contributed by atoms with van der Waals surface area (Å²) < 4.78 is 0. The van der Waals surface area contributed by atoms with E-state index in [0.717, 1.165) is 32.1 Å². The van der Waals surface area contributed by atoms with E-state index >= 15 is 0 Å². The second-order valence-corrected chi connectivity index (χ2v) is 3.13. The van der Waals surface area contributed by atoms with Gasteiger partial charge in [0.1, 0.15) is 0 Å². The summed E-state index contributed by atoms with van der Waals surface area (Å²) in [6.45, 7) is 6.45. The topological polar surface area (TPSA) is 23.8 Å². The Morgan fingerprint density at radius 3 is 1.60 bits per heavy atom. The number of hydrogen-bond donors (Lipinski definition) is 0. The van der Waals surface area contributed by atoms with Gasteiger partial charge in [0, 0.05) is 5.54 Å². The number of nitrogens with one attached hydrogen (secondary N) is 1. The number of hydrogen-bond acceptors (Lipinski definition) is 0. The molecule has 0 spiro atoms. The van der Waals surface area contributed by atoms with Crippen LogP contribution < -0.4 is 5.73 Å². The molecule has 0 heterocycles. The van der Waals surface area contributed by atoms with Crippen LogP contribution in [0.4, 0.5) is 0 Å². The van der Waals surface area contributed by atoms with Crippen molar-refractivity contribution in [1.82, 2.24) is 5.73 Å². The van der Waals surface area contributed by atoms with Gasteiger partial charge in [-0.15, -0.1) is 0 Å². The molecule has 0 bridgehead atoms. The van der Waals surface area contributed by atoms with Crippen LogP contribution in [0.5, 0.6) is 0 Å². The molecule has 0 saturated carbocycles. The van der Waals surface area contributed by atoms with Crippen LogP contribution in [-0.4, -0.2) is 5.54 Å². The molecule has 1 heteroatoms. The van der Waals surface area contributed by atoms with Crippen LogP contribution in [0.25, 0.3) is 0 Å². The van der Waals surface area contributed by atoms with Gasteiger partial charge >= 0.3 is 0 Å². The SMILES string of the molecule is CCCC([NH])(CC)CCC. The molecule has 1 N–H and O–H groups in total. The molecule has 0 aromatic rings. The first-order chi connectivity index (χ1) is 4.68. The van der Waals surface area contributed by atoms with Crippen molar-refractivity contribution in [3.63, 3.8) is 0 Å². The van der Waals surface area contributed by atoms with Crippen molar-refractivity contribution >= 4 is 0 Å². The molecule has 0 aromatic heterocycles. The van der Waals surface area contributed by atoms with Crippen molar-refractivity contribution < 1.29 is 0 Å². The molecule has 0 aliphatic rings. The van der Waals surface area contributed by atoms with E-state index < -0.39 is 0 Å². The lowest BCUT2D eigenvalue weighted by molar-refractivity contribution is 0.333. The second-order valence-electron chi connectivity index (χ2n) is 3.13. The minimum absolute atomic E-state index is 0.108. The molecule has 0 unspecified atom stereocenters. The maximum Gasteiger partial charge on any atom is 0.0321 e. The zero-order valence-electron chi connectivity index (χ0n) is 7.54. The van der Waals surface area contributed by atoms with Crippen LogP contribution in [0.1, 0.15) is 52.9 Å².